The Bertz CT molecular complexity index is 576. The summed E-state index contributed by atoms with van der Waals surface area (Å²) < 4.78 is 4.01. The van der Waals surface area contributed by atoms with Gasteiger partial charge in [-0.3, -0.25) is 4.68 Å². The minimum atomic E-state index is 0.147. The third kappa shape index (κ3) is 1.77. The Morgan fingerprint density at radius 1 is 1.33 bits per heavy atom. The van der Waals surface area contributed by atoms with E-state index in [1.54, 1.807) is 0 Å². The number of nitrogens with zero attached hydrogens (tertiary/aromatic N) is 3. The maximum absolute atomic E-state index is 6.28. The Labute approximate surface area is 107 Å². The summed E-state index contributed by atoms with van der Waals surface area (Å²) in [7, 11) is 1.94. The second-order valence-corrected chi connectivity index (χ2v) is 6.09. The number of aromatic nitrogens is 3. The molecule has 0 saturated carbocycles. The molecule has 2 aromatic rings. The number of hydrogen-bond acceptors (Lipinski definition) is 2. The van der Waals surface area contributed by atoms with Crippen molar-refractivity contribution in [2.75, 3.05) is 0 Å². The van der Waals surface area contributed by atoms with Gasteiger partial charge in [0.2, 0.25) is 0 Å². The molecule has 0 spiro atoms. The van der Waals surface area contributed by atoms with Gasteiger partial charge >= 0.3 is 0 Å². The summed E-state index contributed by atoms with van der Waals surface area (Å²) in [6.45, 7) is 4.57. The largest absolute Gasteiger partial charge is 0.324 e. The van der Waals surface area contributed by atoms with Crippen LogP contribution in [0.15, 0.2) is 24.5 Å². The maximum atomic E-state index is 6.28. The van der Waals surface area contributed by atoms with E-state index in [0.717, 1.165) is 18.7 Å². The Morgan fingerprint density at radius 2 is 2.11 bits per heavy atom. The van der Waals surface area contributed by atoms with Crippen LogP contribution in [-0.2, 0) is 13.5 Å². The highest BCUT2D eigenvalue weighted by Gasteiger charge is 2.32. The average molecular weight is 244 g/mol. The molecular formula is C14H20N4. The Hall–Kier alpha value is -1.55. The molecule has 0 aromatic carbocycles. The van der Waals surface area contributed by atoms with Crippen molar-refractivity contribution in [2.24, 2.45) is 18.2 Å². The fourth-order valence-electron chi connectivity index (χ4n) is 2.98. The highest BCUT2D eigenvalue weighted by Crippen LogP contribution is 2.40. The minimum Gasteiger partial charge on any atom is -0.324 e. The third-order valence-electron chi connectivity index (χ3n) is 3.79. The van der Waals surface area contributed by atoms with Crippen molar-refractivity contribution in [3.05, 3.63) is 35.8 Å². The van der Waals surface area contributed by atoms with Gasteiger partial charge in [-0.15, -0.1) is 0 Å². The van der Waals surface area contributed by atoms with Crippen LogP contribution in [0.4, 0.5) is 0 Å². The quantitative estimate of drug-likeness (QED) is 0.836. The molecule has 0 amide bonds. The highest BCUT2D eigenvalue weighted by molar-refractivity contribution is 5.36. The van der Waals surface area contributed by atoms with E-state index in [1.807, 2.05) is 24.0 Å². The molecule has 18 heavy (non-hydrogen) atoms. The lowest BCUT2D eigenvalue weighted by molar-refractivity contribution is 0.278. The molecule has 3 rings (SSSR count). The van der Waals surface area contributed by atoms with Crippen molar-refractivity contribution < 1.29 is 0 Å². The van der Waals surface area contributed by atoms with Crippen molar-refractivity contribution in [1.29, 1.82) is 0 Å². The van der Waals surface area contributed by atoms with E-state index < -0.39 is 0 Å². The van der Waals surface area contributed by atoms with Crippen molar-refractivity contribution in [2.45, 2.75) is 32.7 Å². The molecule has 2 heterocycles. The first-order chi connectivity index (χ1) is 8.46. The summed E-state index contributed by atoms with van der Waals surface area (Å²) in [6.07, 6.45) is 6.16. The van der Waals surface area contributed by atoms with Crippen molar-refractivity contribution in [1.82, 2.24) is 14.3 Å². The van der Waals surface area contributed by atoms with Gasteiger partial charge in [0.25, 0.3) is 0 Å². The van der Waals surface area contributed by atoms with Gasteiger partial charge < -0.3 is 10.3 Å². The first kappa shape index (κ1) is 11.5. The molecular weight excluding hydrogens is 224 g/mol. The van der Waals surface area contributed by atoms with E-state index in [2.05, 4.69) is 35.8 Å². The standard InChI is InChI=1S/C14H20N4/c1-14(2)8-11(15)10-4-7-18(12(10)9-14)13-5-6-17(3)16-13/h4-7,11H,8-9,15H2,1-3H3. The molecule has 1 unspecified atom stereocenters. The third-order valence-corrected chi connectivity index (χ3v) is 3.79. The number of nitrogens with two attached hydrogens (primary N) is 1. The average Bonchev–Trinajstić information content (AvgIpc) is 2.82. The zero-order valence-electron chi connectivity index (χ0n) is 11.2. The van der Waals surface area contributed by atoms with Crippen molar-refractivity contribution in [3.8, 4) is 5.82 Å². The van der Waals surface area contributed by atoms with Gasteiger partial charge in [-0.2, -0.15) is 5.10 Å². The van der Waals surface area contributed by atoms with Crippen LogP contribution in [-0.4, -0.2) is 14.3 Å². The van der Waals surface area contributed by atoms with Crippen LogP contribution in [0.3, 0.4) is 0 Å². The molecule has 0 fully saturated rings. The molecule has 0 radical (unpaired) electrons. The van der Waals surface area contributed by atoms with Gasteiger partial charge in [0.15, 0.2) is 5.82 Å². The van der Waals surface area contributed by atoms with Gasteiger partial charge in [-0.1, -0.05) is 13.8 Å². The van der Waals surface area contributed by atoms with Gasteiger partial charge in [-0.25, -0.2) is 0 Å². The first-order valence-corrected chi connectivity index (χ1v) is 6.42. The van der Waals surface area contributed by atoms with Gasteiger partial charge in [0, 0.05) is 37.2 Å². The zero-order chi connectivity index (χ0) is 12.9. The highest BCUT2D eigenvalue weighted by atomic mass is 15.3. The van der Waals surface area contributed by atoms with Crippen LogP contribution in [0.25, 0.3) is 5.82 Å². The normalized spacial score (nSPS) is 21.9. The molecule has 0 bridgehead atoms. The van der Waals surface area contributed by atoms with E-state index >= 15 is 0 Å². The lowest BCUT2D eigenvalue weighted by Crippen LogP contribution is -2.30. The topological polar surface area (TPSA) is 48.8 Å². The van der Waals surface area contributed by atoms with Crippen LogP contribution >= 0.6 is 0 Å². The monoisotopic (exact) mass is 244 g/mol. The Kier molecular flexibility index (Phi) is 2.38. The smallest absolute Gasteiger partial charge is 0.158 e. The van der Waals surface area contributed by atoms with E-state index in [1.165, 1.54) is 11.3 Å². The molecule has 4 heteroatoms. The predicted octanol–water partition coefficient (Wildman–Crippen LogP) is 2.18. The Morgan fingerprint density at radius 3 is 2.78 bits per heavy atom. The van der Waals surface area contributed by atoms with E-state index in [9.17, 15) is 0 Å². The van der Waals surface area contributed by atoms with Crippen LogP contribution in [0.2, 0.25) is 0 Å². The summed E-state index contributed by atoms with van der Waals surface area (Å²) >= 11 is 0. The van der Waals surface area contributed by atoms with Crippen LogP contribution < -0.4 is 5.73 Å². The van der Waals surface area contributed by atoms with Crippen LogP contribution in [0.5, 0.6) is 0 Å². The number of aryl methyl sites for hydroxylation is 1. The fraction of sp³-hybridized carbons (Fsp3) is 0.500. The summed E-state index contributed by atoms with van der Waals surface area (Å²) in [6, 6.07) is 4.32. The molecule has 1 aliphatic carbocycles. The molecule has 96 valence electrons. The first-order valence-electron chi connectivity index (χ1n) is 6.42. The number of rotatable bonds is 1. The molecule has 2 aromatic heterocycles. The second kappa shape index (κ2) is 3.72. The predicted molar refractivity (Wildman–Crippen MR) is 71.6 cm³/mol. The van der Waals surface area contributed by atoms with Crippen LogP contribution in [0, 0.1) is 5.41 Å². The van der Waals surface area contributed by atoms with Crippen LogP contribution in [0.1, 0.15) is 37.6 Å². The SMILES string of the molecule is Cn1ccc(-n2ccc3c2CC(C)(C)CC3N)n1. The molecule has 2 N–H and O–H groups in total. The lowest BCUT2D eigenvalue weighted by atomic mass is 9.74. The number of hydrogen-bond donors (Lipinski definition) is 1. The van der Waals surface area contributed by atoms with Crippen molar-refractivity contribution in [3.63, 3.8) is 0 Å². The van der Waals surface area contributed by atoms with Crippen molar-refractivity contribution >= 4 is 0 Å². The maximum Gasteiger partial charge on any atom is 0.158 e. The van der Waals surface area contributed by atoms with E-state index in [4.69, 9.17) is 5.73 Å². The lowest BCUT2D eigenvalue weighted by Gasteiger charge is -2.34. The summed E-state index contributed by atoms with van der Waals surface area (Å²) in [4.78, 5) is 0. The molecule has 1 aliphatic rings. The molecule has 0 saturated heterocycles. The molecule has 1 atom stereocenters. The van der Waals surface area contributed by atoms with Gasteiger partial charge in [0.1, 0.15) is 0 Å². The fourth-order valence-corrected chi connectivity index (χ4v) is 2.98. The second-order valence-electron chi connectivity index (χ2n) is 6.09. The molecule has 0 aliphatic heterocycles. The summed E-state index contributed by atoms with van der Waals surface area (Å²) in [5, 5.41) is 4.47. The van der Waals surface area contributed by atoms with E-state index in [0.29, 0.717) is 0 Å². The van der Waals surface area contributed by atoms with Gasteiger partial charge in [-0.05, 0) is 29.9 Å². The Balaban J connectivity index is 2.10. The minimum absolute atomic E-state index is 0.147. The summed E-state index contributed by atoms with van der Waals surface area (Å²) in [5.74, 6) is 0.976. The zero-order valence-corrected chi connectivity index (χ0v) is 11.2. The summed E-state index contributed by atoms with van der Waals surface area (Å²) in [5.41, 5.74) is 9.14. The number of fused-ring (bicyclic) bond motifs is 1. The molecule has 4 nitrogen and oxygen atoms in total. The van der Waals surface area contributed by atoms with E-state index in [-0.39, 0.29) is 11.5 Å². The van der Waals surface area contributed by atoms with Gasteiger partial charge in [0.05, 0.1) is 0 Å².